The van der Waals surface area contributed by atoms with Gasteiger partial charge in [-0.3, -0.25) is 14.5 Å². The molecule has 0 unspecified atom stereocenters. The Bertz CT molecular complexity index is 1530. The normalized spacial score (nSPS) is 15.5. The highest BCUT2D eigenvalue weighted by atomic mass is 16.6. The Kier molecular flexibility index (Phi) is 7.22. The van der Waals surface area contributed by atoms with E-state index in [1.54, 1.807) is 36.1 Å². The number of para-hydroxylation sites is 1. The molecule has 1 fully saturated rings. The Hall–Kier alpha value is -4.60. The summed E-state index contributed by atoms with van der Waals surface area (Å²) < 4.78 is 18.6. The fourth-order valence-electron chi connectivity index (χ4n) is 5.44. The van der Waals surface area contributed by atoms with Gasteiger partial charge in [-0.25, -0.2) is 4.68 Å². The lowest BCUT2D eigenvalue weighted by atomic mass is 10.0. The van der Waals surface area contributed by atoms with Crippen molar-refractivity contribution in [2.45, 2.75) is 44.3 Å². The molecule has 1 saturated carbocycles. The van der Waals surface area contributed by atoms with Gasteiger partial charge in [-0.2, -0.15) is 0 Å². The van der Waals surface area contributed by atoms with Gasteiger partial charge >= 0.3 is 0 Å². The molecule has 3 aromatic carbocycles. The maximum absolute atomic E-state index is 14.3. The van der Waals surface area contributed by atoms with Gasteiger partial charge < -0.3 is 19.5 Å². The summed E-state index contributed by atoms with van der Waals surface area (Å²) in [6.45, 7) is 0.730. The molecule has 1 N–H and O–H groups in total. The smallest absolute Gasteiger partial charge is 0.249 e. The molecule has 2 amide bonds. The first kappa shape index (κ1) is 25.7. The second-order valence-electron chi connectivity index (χ2n) is 10.00. The summed E-state index contributed by atoms with van der Waals surface area (Å²) in [5, 5.41) is 11.6. The SMILES string of the molecule is COc1cccc([C@@H](C(=O)NC2CCCC2)N(C(=O)Cn2nnc3ccccc32)c2ccc3c(c2)OCCO3)c1. The Labute approximate surface area is 231 Å². The number of ether oxygens (including phenoxy) is 3. The zero-order valence-electron chi connectivity index (χ0n) is 22.3. The lowest BCUT2D eigenvalue weighted by Crippen LogP contribution is -2.47. The van der Waals surface area contributed by atoms with Crippen LogP contribution in [0.25, 0.3) is 11.0 Å². The molecule has 0 saturated heterocycles. The van der Waals surface area contributed by atoms with E-state index in [1.807, 2.05) is 42.5 Å². The number of carbonyl (C=O) groups is 2. The van der Waals surface area contributed by atoms with Crippen molar-refractivity contribution < 1.29 is 23.8 Å². The highest BCUT2D eigenvalue weighted by Crippen LogP contribution is 2.38. The Morgan fingerprint density at radius 1 is 1.02 bits per heavy atom. The summed E-state index contributed by atoms with van der Waals surface area (Å²) in [5.41, 5.74) is 2.55. The molecular formula is C30H31N5O5. The number of anilines is 1. The molecular weight excluding hydrogens is 510 g/mol. The largest absolute Gasteiger partial charge is 0.497 e. The molecule has 0 radical (unpaired) electrons. The van der Waals surface area contributed by atoms with E-state index in [9.17, 15) is 9.59 Å². The molecule has 1 aliphatic heterocycles. The first-order chi connectivity index (χ1) is 19.6. The van der Waals surface area contributed by atoms with Crippen LogP contribution in [-0.2, 0) is 16.1 Å². The van der Waals surface area contributed by atoms with Gasteiger partial charge in [-0.15, -0.1) is 5.10 Å². The number of rotatable bonds is 8. The standard InChI is InChI=1S/C30H31N5O5/c1-38-23-10-6-7-20(17-23)29(30(37)31-21-8-2-3-9-21)35(22-13-14-26-27(18-22)40-16-15-39-26)28(36)19-34-25-12-5-4-11-24(25)32-33-34/h4-7,10-14,17-18,21,29H,2-3,8-9,15-16,19H2,1H3,(H,31,37)/t29-/m0/s1. The fraction of sp³-hybridized carbons (Fsp3) is 0.333. The summed E-state index contributed by atoms with van der Waals surface area (Å²) in [6, 6.07) is 19.1. The zero-order valence-corrected chi connectivity index (χ0v) is 22.3. The van der Waals surface area contributed by atoms with Crippen LogP contribution < -0.4 is 24.4 Å². The lowest BCUT2D eigenvalue weighted by Gasteiger charge is -2.33. The summed E-state index contributed by atoms with van der Waals surface area (Å²) in [6.07, 6.45) is 3.97. The fourth-order valence-corrected chi connectivity index (χ4v) is 5.44. The third kappa shape index (κ3) is 5.16. The molecule has 6 rings (SSSR count). The molecule has 10 heteroatoms. The number of benzene rings is 3. The zero-order chi connectivity index (χ0) is 27.5. The van der Waals surface area contributed by atoms with Crippen LogP contribution in [0.5, 0.6) is 17.2 Å². The minimum absolute atomic E-state index is 0.0667. The quantitative estimate of drug-likeness (QED) is 0.359. The van der Waals surface area contributed by atoms with Gasteiger partial charge in [-0.1, -0.05) is 42.3 Å². The van der Waals surface area contributed by atoms with E-state index in [-0.39, 0.29) is 24.4 Å². The number of aromatic nitrogens is 3. The van der Waals surface area contributed by atoms with Crippen molar-refractivity contribution in [3.8, 4) is 17.2 Å². The van der Waals surface area contributed by atoms with Gasteiger partial charge in [0.15, 0.2) is 11.5 Å². The highest BCUT2D eigenvalue weighted by Gasteiger charge is 2.35. The molecule has 1 aromatic heterocycles. The molecule has 0 spiro atoms. The molecule has 40 heavy (non-hydrogen) atoms. The van der Waals surface area contributed by atoms with Crippen molar-refractivity contribution in [1.29, 1.82) is 0 Å². The molecule has 4 aromatic rings. The van der Waals surface area contributed by atoms with Crippen LogP contribution in [0.1, 0.15) is 37.3 Å². The molecule has 1 atom stereocenters. The predicted molar refractivity (Wildman–Crippen MR) is 149 cm³/mol. The number of amides is 2. The van der Waals surface area contributed by atoms with Crippen LogP contribution in [0, 0.1) is 0 Å². The summed E-state index contributed by atoms with van der Waals surface area (Å²) in [5.74, 6) is 1.12. The first-order valence-electron chi connectivity index (χ1n) is 13.5. The second-order valence-corrected chi connectivity index (χ2v) is 10.00. The van der Waals surface area contributed by atoms with Gasteiger partial charge in [0.1, 0.15) is 37.1 Å². The summed E-state index contributed by atoms with van der Waals surface area (Å²) in [4.78, 5) is 29.9. The van der Waals surface area contributed by atoms with E-state index in [0.29, 0.717) is 47.2 Å². The number of methoxy groups -OCH3 is 1. The molecule has 2 aliphatic rings. The van der Waals surface area contributed by atoms with Crippen LogP contribution in [0.2, 0.25) is 0 Å². The van der Waals surface area contributed by atoms with Crippen LogP contribution in [-0.4, -0.2) is 53.2 Å². The summed E-state index contributed by atoms with van der Waals surface area (Å²) in [7, 11) is 1.58. The van der Waals surface area contributed by atoms with Crippen molar-refractivity contribution in [2.24, 2.45) is 0 Å². The second kappa shape index (κ2) is 11.3. The third-order valence-corrected chi connectivity index (χ3v) is 7.40. The van der Waals surface area contributed by atoms with E-state index in [0.717, 1.165) is 31.2 Å². The average molecular weight is 542 g/mol. The maximum atomic E-state index is 14.3. The van der Waals surface area contributed by atoms with E-state index >= 15 is 0 Å². The van der Waals surface area contributed by atoms with E-state index in [2.05, 4.69) is 15.6 Å². The maximum Gasteiger partial charge on any atom is 0.249 e. The number of hydrogen-bond acceptors (Lipinski definition) is 7. The number of hydrogen-bond donors (Lipinski definition) is 1. The Morgan fingerprint density at radius 2 is 1.82 bits per heavy atom. The van der Waals surface area contributed by atoms with Crippen molar-refractivity contribution in [3.63, 3.8) is 0 Å². The van der Waals surface area contributed by atoms with Crippen molar-refractivity contribution >= 4 is 28.5 Å². The average Bonchev–Trinajstić information content (AvgIpc) is 3.65. The molecule has 1 aliphatic carbocycles. The molecule has 10 nitrogen and oxygen atoms in total. The third-order valence-electron chi connectivity index (χ3n) is 7.40. The Balaban J connectivity index is 1.45. The van der Waals surface area contributed by atoms with E-state index < -0.39 is 6.04 Å². The molecule has 206 valence electrons. The minimum Gasteiger partial charge on any atom is -0.497 e. The van der Waals surface area contributed by atoms with Gasteiger partial charge in [0.05, 0.1) is 12.6 Å². The van der Waals surface area contributed by atoms with Crippen LogP contribution in [0.3, 0.4) is 0 Å². The van der Waals surface area contributed by atoms with E-state index in [4.69, 9.17) is 14.2 Å². The monoisotopic (exact) mass is 541 g/mol. The predicted octanol–water partition coefficient (Wildman–Crippen LogP) is 4.04. The number of carbonyl (C=O) groups excluding carboxylic acids is 2. The van der Waals surface area contributed by atoms with Crippen LogP contribution in [0.15, 0.2) is 66.7 Å². The van der Waals surface area contributed by atoms with Crippen molar-refractivity contribution in [3.05, 3.63) is 72.3 Å². The van der Waals surface area contributed by atoms with Gasteiger partial charge in [0.2, 0.25) is 11.8 Å². The Morgan fingerprint density at radius 3 is 2.65 bits per heavy atom. The first-order valence-corrected chi connectivity index (χ1v) is 13.5. The van der Waals surface area contributed by atoms with Crippen molar-refractivity contribution in [1.82, 2.24) is 20.3 Å². The van der Waals surface area contributed by atoms with E-state index in [1.165, 1.54) is 4.90 Å². The molecule has 0 bridgehead atoms. The summed E-state index contributed by atoms with van der Waals surface area (Å²) >= 11 is 0. The number of nitrogens with one attached hydrogen (secondary N) is 1. The van der Waals surface area contributed by atoms with Crippen LogP contribution in [0.4, 0.5) is 5.69 Å². The molecule has 2 heterocycles. The van der Waals surface area contributed by atoms with Crippen molar-refractivity contribution in [2.75, 3.05) is 25.2 Å². The lowest BCUT2D eigenvalue weighted by molar-refractivity contribution is -0.127. The van der Waals surface area contributed by atoms with Gasteiger partial charge in [-0.05, 0) is 54.8 Å². The highest BCUT2D eigenvalue weighted by molar-refractivity contribution is 6.02. The number of nitrogens with zero attached hydrogens (tertiary/aromatic N) is 4. The minimum atomic E-state index is -0.972. The van der Waals surface area contributed by atoms with Crippen LogP contribution >= 0.6 is 0 Å². The number of fused-ring (bicyclic) bond motifs is 2. The topological polar surface area (TPSA) is 108 Å². The van der Waals surface area contributed by atoms with Gasteiger partial charge in [0.25, 0.3) is 0 Å². The van der Waals surface area contributed by atoms with Gasteiger partial charge in [0, 0.05) is 17.8 Å².